The third-order valence-corrected chi connectivity index (χ3v) is 2.85. The number of nitrogens with one attached hydrogen (secondary N) is 1. The Morgan fingerprint density at radius 2 is 2.00 bits per heavy atom. The third-order valence-electron chi connectivity index (χ3n) is 2.85. The minimum atomic E-state index is -1.08. The highest BCUT2D eigenvalue weighted by molar-refractivity contribution is 5.86. The van der Waals surface area contributed by atoms with Crippen molar-refractivity contribution in [3.63, 3.8) is 0 Å². The van der Waals surface area contributed by atoms with Gasteiger partial charge in [-0.2, -0.15) is 0 Å². The van der Waals surface area contributed by atoms with Gasteiger partial charge in [-0.3, -0.25) is 4.79 Å². The van der Waals surface area contributed by atoms with E-state index in [0.29, 0.717) is 31.0 Å². The highest BCUT2D eigenvalue weighted by Gasteiger charge is 2.14. The van der Waals surface area contributed by atoms with Crippen LogP contribution >= 0.6 is 0 Å². The van der Waals surface area contributed by atoms with Gasteiger partial charge in [-0.15, -0.1) is 0 Å². The summed E-state index contributed by atoms with van der Waals surface area (Å²) in [6.07, 6.45) is 0. The van der Waals surface area contributed by atoms with Crippen LogP contribution in [-0.2, 0) is 11.3 Å². The Labute approximate surface area is 112 Å². The zero-order valence-electron chi connectivity index (χ0n) is 11.5. The number of rotatable bonds is 7. The summed E-state index contributed by atoms with van der Waals surface area (Å²) in [5.74, 6) is -0.594. The lowest BCUT2D eigenvalue weighted by molar-refractivity contribution is -0.129. The van der Waals surface area contributed by atoms with Crippen molar-refractivity contribution in [2.45, 2.75) is 27.3 Å². The number of aromatic carboxylic acids is 1. The van der Waals surface area contributed by atoms with Crippen molar-refractivity contribution >= 4 is 11.9 Å². The Hall–Kier alpha value is -1.82. The van der Waals surface area contributed by atoms with Gasteiger partial charge in [-0.1, -0.05) is 0 Å². The van der Waals surface area contributed by atoms with E-state index in [1.54, 1.807) is 17.9 Å². The molecule has 1 heterocycles. The van der Waals surface area contributed by atoms with Crippen molar-refractivity contribution in [3.8, 4) is 0 Å². The fraction of sp³-hybridized carbons (Fsp3) is 0.538. The molecule has 106 valence electrons. The smallest absolute Gasteiger partial charge is 0.372 e. The third kappa shape index (κ3) is 4.10. The van der Waals surface area contributed by atoms with Crippen LogP contribution in [-0.4, -0.2) is 41.5 Å². The van der Waals surface area contributed by atoms with Crippen molar-refractivity contribution in [2.75, 3.05) is 19.6 Å². The fourth-order valence-electron chi connectivity index (χ4n) is 1.83. The van der Waals surface area contributed by atoms with Gasteiger partial charge < -0.3 is 19.7 Å². The Bertz CT molecular complexity index is 449. The molecule has 0 aromatic carbocycles. The van der Waals surface area contributed by atoms with Crippen molar-refractivity contribution in [1.29, 1.82) is 0 Å². The lowest BCUT2D eigenvalue weighted by Gasteiger charge is -2.18. The first-order valence-electron chi connectivity index (χ1n) is 6.30. The van der Waals surface area contributed by atoms with Gasteiger partial charge >= 0.3 is 5.97 Å². The molecule has 0 unspecified atom stereocenters. The molecule has 0 aliphatic carbocycles. The number of amides is 1. The number of likely N-dealkylation sites (N-methyl/N-ethyl adjacent to an activating group) is 1. The average Bonchev–Trinajstić information content (AvgIpc) is 2.72. The zero-order valence-corrected chi connectivity index (χ0v) is 11.5. The fourth-order valence-corrected chi connectivity index (χ4v) is 1.83. The molecule has 0 atom stereocenters. The van der Waals surface area contributed by atoms with Crippen LogP contribution in [0.1, 0.15) is 35.7 Å². The maximum Gasteiger partial charge on any atom is 0.372 e. The van der Waals surface area contributed by atoms with E-state index in [1.165, 1.54) is 0 Å². The molecule has 0 aliphatic rings. The van der Waals surface area contributed by atoms with Gasteiger partial charge in [0.2, 0.25) is 11.7 Å². The van der Waals surface area contributed by atoms with Crippen LogP contribution in [0.5, 0.6) is 0 Å². The van der Waals surface area contributed by atoms with Gasteiger partial charge in [0.15, 0.2) is 0 Å². The lowest BCUT2D eigenvalue weighted by Crippen LogP contribution is -2.37. The second-order valence-electron chi connectivity index (χ2n) is 4.20. The Morgan fingerprint density at radius 3 is 2.47 bits per heavy atom. The summed E-state index contributed by atoms with van der Waals surface area (Å²) in [6.45, 7) is 7.44. The van der Waals surface area contributed by atoms with E-state index in [9.17, 15) is 9.59 Å². The SMILES string of the molecule is CCN(CC)C(=O)CNCc1cc(C)c(C(=O)O)o1. The molecule has 19 heavy (non-hydrogen) atoms. The van der Waals surface area contributed by atoms with Crippen LogP contribution in [0.2, 0.25) is 0 Å². The van der Waals surface area contributed by atoms with Crippen LogP contribution in [0.3, 0.4) is 0 Å². The van der Waals surface area contributed by atoms with E-state index in [4.69, 9.17) is 9.52 Å². The van der Waals surface area contributed by atoms with E-state index < -0.39 is 5.97 Å². The standard InChI is InChI=1S/C13H20N2O4/c1-4-15(5-2)11(16)8-14-7-10-6-9(3)12(19-10)13(17)18/h6,14H,4-5,7-8H2,1-3H3,(H,17,18). The van der Waals surface area contributed by atoms with Crippen LogP contribution in [0, 0.1) is 6.92 Å². The summed E-state index contributed by atoms with van der Waals surface area (Å²) in [6, 6.07) is 1.67. The average molecular weight is 268 g/mol. The minimum Gasteiger partial charge on any atom is -0.475 e. The van der Waals surface area contributed by atoms with Crippen molar-refractivity contribution in [3.05, 3.63) is 23.2 Å². The second-order valence-corrected chi connectivity index (χ2v) is 4.20. The predicted molar refractivity (Wildman–Crippen MR) is 70.0 cm³/mol. The molecule has 2 N–H and O–H groups in total. The molecule has 1 aromatic rings. The first-order valence-corrected chi connectivity index (χ1v) is 6.30. The minimum absolute atomic E-state index is 0.0201. The van der Waals surface area contributed by atoms with Gasteiger partial charge in [-0.25, -0.2) is 4.79 Å². The van der Waals surface area contributed by atoms with Crippen LogP contribution in [0.15, 0.2) is 10.5 Å². The van der Waals surface area contributed by atoms with Gasteiger partial charge in [-0.05, 0) is 26.8 Å². The number of carbonyl (C=O) groups excluding carboxylic acids is 1. The number of furan rings is 1. The van der Waals surface area contributed by atoms with Crippen molar-refractivity contribution in [1.82, 2.24) is 10.2 Å². The monoisotopic (exact) mass is 268 g/mol. The predicted octanol–water partition coefficient (Wildman–Crippen LogP) is 1.24. The highest BCUT2D eigenvalue weighted by Crippen LogP contribution is 2.14. The Kier molecular flexibility index (Phi) is 5.57. The lowest BCUT2D eigenvalue weighted by atomic mass is 10.2. The molecule has 1 amide bonds. The van der Waals surface area contributed by atoms with E-state index in [2.05, 4.69) is 5.32 Å². The molecule has 0 saturated heterocycles. The Morgan fingerprint density at radius 1 is 1.37 bits per heavy atom. The number of carbonyl (C=O) groups is 2. The van der Waals surface area contributed by atoms with Crippen molar-refractivity contribution in [2.24, 2.45) is 0 Å². The number of hydrogen-bond donors (Lipinski definition) is 2. The number of carboxylic acid groups (broad SMARTS) is 1. The quantitative estimate of drug-likeness (QED) is 0.777. The van der Waals surface area contributed by atoms with Crippen molar-refractivity contribution < 1.29 is 19.1 Å². The first kappa shape index (κ1) is 15.2. The Balaban J connectivity index is 2.47. The van der Waals surface area contributed by atoms with Crippen LogP contribution in [0.4, 0.5) is 0 Å². The van der Waals surface area contributed by atoms with Gasteiger partial charge in [0, 0.05) is 18.7 Å². The van der Waals surface area contributed by atoms with E-state index >= 15 is 0 Å². The molecule has 0 radical (unpaired) electrons. The molecule has 0 saturated carbocycles. The highest BCUT2D eigenvalue weighted by atomic mass is 16.4. The molecule has 6 nitrogen and oxygen atoms in total. The summed E-state index contributed by atoms with van der Waals surface area (Å²) < 4.78 is 5.18. The largest absolute Gasteiger partial charge is 0.475 e. The normalized spacial score (nSPS) is 10.5. The van der Waals surface area contributed by atoms with E-state index in [-0.39, 0.29) is 18.2 Å². The van der Waals surface area contributed by atoms with Crippen LogP contribution in [0.25, 0.3) is 0 Å². The van der Waals surface area contributed by atoms with E-state index in [1.807, 2.05) is 13.8 Å². The molecule has 0 spiro atoms. The summed E-state index contributed by atoms with van der Waals surface area (Å²) in [7, 11) is 0. The number of nitrogens with zero attached hydrogens (tertiary/aromatic N) is 1. The molecule has 0 aliphatic heterocycles. The van der Waals surface area contributed by atoms with Gasteiger partial charge in [0.25, 0.3) is 0 Å². The molecule has 6 heteroatoms. The second kappa shape index (κ2) is 6.94. The summed E-state index contributed by atoms with van der Waals surface area (Å²) in [5, 5.41) is 11.8. The molecule has 1 aromatic heterocycles. The summed E-state index contributed by atoms with van der Waals surface area (Å²) >= 11 is 0. The summed E-state index contributed by atoms with van der Waals surface area (Å²) in [5.41, 5.74) is 0.583. The molecule has 1 rings (SSSR count). The topological polar surface area (TPSA) is 82.8 Å². The molecule has 0 bridgehead atoms. The molecule has 0 fully saturated rings. The zero-order chi connectivity index (χ0) is 14.4. The van der Waals surface area contributed by atoms with E-state index in [0.717, 1.165) is 0 Å². The maximum absolute atomic E-state index is 11.7. The number of carboxylic acids is 1. The number of hydrogen-bond acceptors (Lipinski definition) is 4. The maximum atomic E-state index is 11.7. The number of aryl methyl sites for hydroxylation is 1. The molecular weight excluding hydrogens is 248 g/mol. The van der Waals surface area contributed by atoms with Gasteiger partial charge in [0.05, 0.1) is 13.1 Å². The summed E-state index contributed by atoms with van der Waals surface area (Å²) in [4.78, 5) is 24.2. The molecular formula is C13H20N2O4. The van der Waals surface area contributed by atoms with Crippen LogP contribution < -0.4 is 5.32 Å². The first-order chi connectivity index (χ1) is 8.99. The van der Waals surface area contributed by atoms with Gasteiger partial charge in [0.1, 0.15) is 5.76 Å².